The van der Waals surface area contributed by atoms with Crippen LogP contribution < -0.4 is 0 Å². The zero-order valence-electron chi connectivity index (χ0n) is 12.0. The molecule has 0 spiro atoms. The van der Waals surface area contributed by atoms with Crippen molar-refractivity contribution >= 4 is 5.91 Å². The maximum Gasteiger partial charge on any atom is 0.271 e. The highest BCUT2D eigenvalue weighted by Gasteiger charge is 2.43. The van der Waals surface area contributed by atoms with Crippen molar-refractivity contribution in [2.75, 3.05) is 20.1 Å². The standard InChI is InChI=1S/C16H18N4O/c1-18-10-14-15(11-18)20(9-12-5-2-3-7-17-12)16(21)13-6-4-8-19(13)14/h2-8,14-15H,9-11H2,1H3/t14-,15+/m0/s1. The molecule has 1 saturated heterocycles. The van der Waals surface area contributed by atoms with Gasteiger partial charge in [-0.05, 0) is 31.3 Å². The van der Waals surface area contributed by atoms with E-state index in [0.717, 1.165) is 24.5 Å². The Kier molecular flexibility index (Phi) is 2.82. The molecule has 108 valence electrons. The van der Waals surface area contributed by atoms with E-state index in [1.165, 1.54) is 0 Å². The lowest BCUT2D eigenvalue weighted by Crippen LogP contribution is -2.49. The molecule has 0 radical (unpaired) electrons. The second kappa shape index (κ2) is 4.70. The summed E-state index contributed by atoms with van der Waals surface area (Å²) in [7, 11) is 2.12. The van der Waals surface area contributed by atoms with Gasteiger partial charge in [0.2, 0.25) is 0 Å². The Morgan fingerprint density at radius 2 is 2.05 bits per heavy atom. The number of amides is 1. The number of pyridine rings is 1. The van der Waals surface area contributed by atoms with Crippen molar-refractivity contribution in [1.82, 2.24) is 19.4 Å². The number of likely N-dealkylation sites (tertiary alicyclic amines) is 1. The fourth-order valence-electron chi connectivity index (χ4n) is 3.55. The van der Waals surface area contributed by atoms with Crippen LogP contribution in [-0.4, -0.2) is 51.4 Å². The van der Waals surface area contributed by atoms with E-state index in [1.807, 2.05) is 41.4 Å². The minimum Gasteiger partial charge on any atom is -0.337 e. The molecule has 0 bridgehead atoms. The number of carbonyl (C=O) groups is 1. The third kappa shape index (κ3) is 1.96. The Balaban J connectivity index is 1.72. The van der Waals surface area contributed by atoms with Crippen LogP contribution in [0.2, 0.25) is 0 Å². The van der Waals surface area contributed by atoms with Crippen molar-refractivity contribution in [3.05, 3.63) is 54.1 Å². The molecule has 2 atom stereocenters. The summed E-state index contributed by atoms with van der Waals surface area (Å²) in [5.41, 5.74) is 1.74. The van der Waals surface area contributed by atoms with Gasteiger partial charge < -0.3 is 14.4 Å². The lowest BCUT2D eigenvalue weighted by Gasteiger charge is -2.38. The van der Waals surface area contributed by atoms with E-state index in [9.17, 15) is 4.79 Å². The molecule has 2 aromatic rings. The molecule has 0 aliphatic carbocycles. The minimum atomic E-state index is 0.113. The van der Waals surface area contributed by atoms with E-state index in [0.29, 0.717) is 12.6 Å². The monoisotopic (exact) mass is 282 g/mol. The van der Waals surface area contributed by atoms with E-state index in [4.69, 9.17) is 0 Å². The summed E-state index contributed by atoms with van der Waals surface area (Å²) in [6.45, 7) is 2.49. The van der Waals surface area contributed by atoms with Crippen molar-refractivity contribution < 1.29 is 4.79 Å². The lowest BCUT2D eigenvalue weighted by molar-refractivity contribution is 0.0555. The number of likely N-dealkylation sites (N-methyl/N-ethyl adjacent to an activating group) is 1. The summed E-state index contributed by atoms with van der Waals surface area (Å²) in [5.74, 6) is 0.113. The smallest absolute Gasteiger partial charge is 0.271 e. The number of aromatic nitrogens is 2. The summed E-state index contributed by atoms with van der Waals surface area (Å²) >= 11 is 0. The first-order valence-electron chi connectivity index (χ1n) is 7.30. The molecule has 21 heavy (non-hydrogen) atoms. The third-order valence-corrected chi connectivity index (χ3v) is 4.52. The topological polar surface area (TPSA) is 41.4 Å². The molecule has 4 rings (SSSR count). The van der Waals surface area contributed by atoms with Crippen LogP contribution in [0.5, 0.6) is 0 Å². The maximum absolute atomic E-state index is 12.8. The highest BCUT2D eigenvalue weighted by Crippen LogP contribution is 2.33. The van der Waals surface area contributed by atoms with Crippen LogP contribution in [0.25, 0.3) is 0 Å². The van der Waals surface area contributed by atoms with Crippen molar-refractivity contribution in [3.63, 3.8) is 0 Å². The number of nitrogens with zero attached hydrogens (tertiary/aromatic N) is 4. The molecular formula is C16H18N4O. The van der Waals surface area contributed by atoms with Gasteiger partial charge >= 0.3 is 0 Å². The average Bonchev–Trinajstić information content (AvgIpc) is 3.10. The molecule has 0 unspecified atom stereocenters. The van der Waals surface area contributed by atoms with Crippen LogP contribution in [0, 0.1) is 0 Å². The summed E-state index contributed by atoms with van der Waals surface area (Å²) in [5, 5.41) is 0. The maximum atomic E-state index is 12.8. The quantitative estimate of drug-likeness (QED) is 0.836. The highest BCUT2D eigenvalue weighted by molar-refractivity contribution is 5.94. The second-order valence-electron chi connectivity index (χ2n) is 5.91. The van der Waals surface area contributed by atoms with Crippen LogP contribution in [0.1, 0.15) is 22.2 Å². The number of fused-ring (bicyclic) bond motifs is 3. The van der Waals surface area contributed by atoms with E-state index in [-0.39, 0.29) is 11.9 Å². The van der Waals surface area contributed by atoms with Gasteiger partial charge in [-0.25, -0.2) is 0 Å². The predicted octanol–water partition coefficient (Wildman–Crippen LogP) is 1.39. The molecular weight excluding hydrogens is 264 g/mol. The van der Waals surface area contributed by atoms with Crippen LogP contribution in [-0.2, 0) is 6.54 Å². The Morgan fingerprint density at radius 1 is 1.19 bits per heavy atom. The van der Waals surface area contributed by atoms with Gasteiger partial charge in [0.15, 0.2) is 0 Å². The van der Waals surface area contributed by atoms with Crippen molar-refractivity contribution in [2.45, 2.75) is 18.6 Å². The SMILES string of the molecule is CN1C[C@@H]2[C@H](C1)n1cccc1C(=O)N2Cc1ccccn1. The third-order valence-electron chi connectivity index (χ3n) is 4.52. The van der Waals surface area contributed by atoms with Crippen LogP contribution in [0.3, 0.4) is 0 Å². The van der Waals surface area contributed by atoms with Crippen LogP contribution in [0.15, 0.2) is 42.7 Å². The molecule has 2 aliphatic rings. The lowest BCUT2D eigenvalue weighted by atomic mass is 10.1. The molecule has 0 N–H and O–H groups in total. The summed E-state index contributed by atoms with van der Waals surface area (Å²) in [6.07, 6.45) is 3.81. The van der Waals surface area contributed by atoms with Crippen LogP contribution in [0.4, 0.5) is 0 Å². The average molecular weight is 282 g/mol. The fraction of sp³-hybridized carbons (Fsp3) is 0.375. The van der Waals surface area contributed by atoms with Crippen molar-refractivity contribution in [3.8, 4) is 0 Å². The molecule has 4 heterocycles. The molecule has 2 aromatic heterocycles. The van der Waals surface area contributed by atoms with E-state index in [2.05, 4.69) is 21.5 Å². The summed E-state index contributed by atoms with van der Waals surface area (Å²) in [6, 6.07) is 10.3. The largest absolute Gasteiger partial charge is 0.337 e. The Hall–Kier alpha value is -2.14. The zero-order chi connectivity index (χ0) is 14.4. The fourth-order valence-corrected chi connectivity index (χ4v) is 3.55. The first kappa shape index (κ1) is 12.6. The van der Waals surface area contributed by atoms with Gasteiger partial charge in [-0.15, -0.1) is 0 Å². The van der Waals surface area contributed by atoms with Gasteiger partial charge in [0.1, 0.15) is 5.69 Å². The molecule has 2 aliphatic heterocycles. The number of carbonyl (C=O) groups excluding carboxylic acids is 1. The second-order valence-corrected chi connectivity index (χ2v) is 5.91. The van der Waals surface area contributed by atoms with Crippen molar-refractivity contribution in [1.29, 1.82) is 0 Å². The molecule has 5 heteroatoms. The number of hydrogen-bond donors (Lipinski definition) is 0. The molecule has 0 saturated carbocycles. The van der Waals surface area contributed by atoms with Gasteiger partial charge in [-0.1, -0.05) is 6.07 Å². The Morgan fingerprint density at radius 3 is 2.86 bits per heavy atom. The first-order chi connectivity index (χ1) is 10.2. The van der Waals surface area contributed by atoms with Crippen molar-refractivity contribution in [2.24, 2.45) is 0 Å². The highest BCUT2D eigenvalue weighted by atomic mass is 16.2. The van der Waals surface area contributed by atoms with Crippen LogP contribution >= 0.6 is 0 Å². The number of hydrogen-bond acceptors (Lipinski definition) is 3. The van der Waals surface area contributed by atoms with Gasteiger partial charge in [-0.2, -0.15) is 0 Å². The van der Waals surface area contributed by atoms with Gasteiger partial charge in [0.25, 0.3) is 5.91 Å². The summed E-state index contributed by atoms with van der Waals surface area (Å²) < 4.78 is 2.14. The molecule has 5 nitrogen and oxygen atoms in total. The Labute approximate surface area is 123 Å². The summed E-state index contributed by atoms with van der Waals surface area (Å²) in [4.78, 5) is 21.4. The van der Waals surface area contributed by atoms with Gasteiger partial charge in [-0.3, -0.25) is 9.78 Å². The van der Waals surface area contributed by atoms with Gasteiger partial charge in [0.05, 0.1) is 24.3 Å². The Bertz CT molecular complexity index is 666. The van der Waals surface area contributed by atoms with E-state index in [1.54, 1.807) is 6.20 Å². The zero-order valence-corrected chi connectivity index (χ0v) is 12.0. The molecule has 0 aromatic carbocycles. The normalized spacial score (nSPS) is 25.0. The number of rotatable bonds is 2. The van der Waals surface area contributed by atoms with E-state index < -0.39 is 0 Å². The minimum absolute atomic E-state index is 0.113. The first-order valence-corrected chi connectivity index (χ1v) is 7.30. The molecule has 1 amide bonds. The molecule has 1 fully saturated rings. The van der Waals surface area contributed by atoms with E-state index >= 15 is 0 Å². The predicted molar refractivity (Wildman–Crippen MR) is 78.9 cm³/mol. The van der Waals surface area contributed by atoms with Gasteiger partial charge in [0, 0.05) is 25.5 Å².